The van der Waals surface area contributed by atoms with Gasteiger partial charge in [-0.05, 0) is 25.5 Å². The van der Waals surface area contributed by atoms with Crippen molar-refractivity contribution in [2.75, 3.05) is 5.32 Å². The molecule has 6 heteroatoms. The third-order valence-corrected chi connectivity index (χ3v) is 3.91. The Bertz CT molecular complexity index is 664. The number of hydrogen-bond acceptors (Lipinski definition) is 4. The predicted molar refractivity (Wildman–Crippen MR) is 77.3 cm³/mol. The molecule has 0 saturated heterocycles. The van der Waals surface area contributed by atoms with E-state index in [-0.39, 0.29) is 17.2 Å². The molecule has 2 aromatic rings. The maximum Gasteiger partial charge on any atom is 0.347 e. The minimum atomic E-state index is -1.01. The minimum absolute atomic E-state index is 0.0765. The van der Waals surface area contributed by atoms with Crippen LogP contribution in [0.5, 0.6) is 0 Å². The summed E-state index contributed by atoms with van der Waals surface area (Å²) in [4.78, 5) is 27.2. The van der Waals surface area contributed by atoms with Gasteiger partial charge in [0.05, 0.1) is 12.1 Å². The van der Waals surface area contributed by atoms with Gasteiger partial charge in [-0.2, -0.15) is 0 Å². The maximum absolute atomic E-state index is 11.9. The van der Waals surface area contributed by atoms with Crippen LogP contribution in [0, 0.1) is 13.8 Å². The number of benzene rings is 1. The minimum Gasteiger partial charge on any atom is -0.477 e. The van der Waals surface area contributed by atoms with Crippen molar-refractivity contribution >= 4 is 28.9 Å². The number of carbonyl (C=O) groups excluding carboxylic acids is 1. The molecule has 0 aliphatic rings. The first-order valence-electron chi connectivity index (χ1n) is 6.02. The molecular weight excluding hydrogens is 276 g/mol. The van der Waals surface area contributed by atoms with Crippen LogP contribution in [0.1, 0.15) is 25.9 Å². The monoisotopic (exact) mass is 290 g/mol. The van der Waals surface area contributed by atoms with Crippen LogP contribution in [0.4, 0.5) is 5.69 Å². The van der Waals surface area contributed by atoms with Gasteiger partial charge in [0.25, 0.3) is 0 Å². The van der Waals surface area contributed by atoms with Crippen LogP contribution in [0.2, 0.25) is 0 Å². The van der Waals surface area contributed by atoms with E-state index in [1.54, 1.807) is 6.92 Å². The van der Waals surface area contributed by atoms with Crippen molar-refractivity contribution in [2.45, 2.75) is 20.3 Å². The lowest BCUT2D eigenvalue weighted by Crippen LogP contribution is -2.14. The summed E-state index contributed by atoms with van der Waals surface area (Å²) in [7, 11) is 0. The van der Waals surface area contributed by atoms with Crippen molar-refractivity contribution in [1.82, 2.24) is 4.98 Å². The lowest BCUT2D eigenvalue weighted by atomic mass is 10.2. The molecule has 0 saturated carbocycles. The van der Waals surface area contributed by atoms with Gasteiger partial charge in [-0.1, -0.05) is 18.2 Å². The van der Waals surface area contributed by atoms with Gasteiger partial charge in [0.15, 0.2) is 0 Å². The Hall–Kier alpha value is -2.21. The molecule has 0 aliphatic carbocycles. The summed E-state index contributed by atoms with van der Waals surface area (Å²) >= 11 is 1.04. The fourth-order valence-corrected chi connectivity index (χ4v) is 2.67. The summed E-state index contributed by atoms with van der Waals surface area (Å²) in [6.07, 6.45) is 0.0765. The number of amides is 1. The standard InChI is InChI=1S/C14H14N2O3S/c1-8-5-3-4-6-10(8)16-11(17)7-12-15-9(2)13(20-12)14(18)19/h3-6H,7H2,1-2H3,(H,16,17)(H,18,19). The highest BCUT2D eigenvalue weighted by Gasteiger charge is 2.16. The highest BCUT2D eigenvalue weighted by molar-refractivity contribution is 7.13. The highest BCUT2D eigenvalue weighted by atomic mass is 32.1. The molecule has 1 heterocycles. The van der Waals surface area contributed by atoms with E-state index in [0.717, 1.165) is 22.6 Å². The van der Waals surface area contributed by atoms with Crippen LogP contribution >= 0.6 is 11.3 Å². The van der Waals surface area contributed by atoms with E-state index in [4.69, 9.17) is 5.11 Å². The Morgan fingerprint density at radius 1 is 1.30 bits per heavy atom. The smallest absolute Gasteiger partial charge is 0.347 e. The van der Waals surface area contributed by atoms with Crippen LogP contribution in [0.25, 0.3) is 0 Å². The van der Waals surface area contributed by atoms with Gasteiger partial charge in [0.1, 0.15) is 9.88 Å². The average molecular weight is 290 g/mol. The first kappa shape index (κ1) is 14.2. The van der Waals surface area contributed by atoms with Crippen molar-refractivity contribution in [3.05, 3.63) is 45.4 Å². The predicted octanol–water partition coefficient (Wildman–Crippen LogP) is 2.64. The summed E-state index contributed by atoms with van der Waals surface area (Å²) in [5.74, 6) is -1.21. The van der Waals surface area contributed by atoms with Crippen LogP contribution in [0.15, 0.2) is 24.3 Å². The molecule has 0 unspecified atom stereocenters. The Morgan fingerprint density at radius 3 is 2.60 bits per heavy atom. The fourth-order valence-electron chi connectivity index (χ4n) is 1.77. The van der Waals surface area contributed by atoms with Gasteiger partial charge in [-0.3, -0.25) is 4.79 Å². The third-order valence-electron chi connectivity index (χ3n) is 2.77. The lowest BCUT2D eigenvalue weighted by molar-refractivity contribution is -0.115. The summed E-state index contributed by atoms with van der Waals surface area (Å²) in [6.45, 7) is 3.54. The maximum atomic E-state index is 11.9. The van der Waals surface area contributed by atoms with Crippen LogP contribution in [0.3, 0.4) is 0 Å². The lowest BCUT2D eigenvalue weighted by Gasteiger charge is -2.06. The second kappa shape index (κ2) is 5.83. The largest absolute Gasteiger partial charge is 0.477 e. The van der Waals surface area contributed by atoms with Gasteiger partial charge >= 0.3 is 5.97 Å². The van der Waals surface area contributed by atoms with Gasteiger partial charge in [-0.25, -0.2) is 9.78 Å². The molecule has 0 bridgehead atoms. The zero-order chi connectivity index (χ0) is 14.7. The van der Waals surface area contributed by atoms with Crippen molar-refractivity contribution in [3.63, 3.8) is 0 Å². The molecule has 5 nitrogen and oxygen atoms in total. The zero-order valence-corrected chi connectivity index (χ0v) is 12.0. The second-order valence-electron chi connectivity index (χ2n) is 4.37. The number of anilines is 1. The van der Waals surface area contributed by atoms with Crippen molar-refractivity contribution in [2.24, 2.45) is 0 Å². The SMILES string of the molecule is Cc1ccccc1NC(=O)Cc1nc(C)c(C(=O)O)s1. The average Bonchev–Trinajstić information content (AvgIpc) is 2.73. The van der Waals surface area contributed by atoms with E-state index in [1.807, 2.05) is 31.2 Å². The van der Waals surface area contributed by atoms with E-state index < -0.39 is 5.97 Å². The number of aromatic carboxylic acids is 1. The number of aryl methyl sites for hydroxylation is 2. The molecule has 0 aliphatic heterocycles. The summed E-state index contributed by atoms with van der Waals surface area (Å²) < 4.78 is 0. The van der Waals surface area contributed by atoms with E-state index >= 15 is 0 Å². The van der Waals surface area contributed by atoms with Gasteiger partial charge in [-0.15, -0.1) is 11.3 Å². The molecule has 0 spiro atoms. The van der Waals surface area contributed by atoms with E-state index in [1.165, 1.54) is 0 Å². The number of hydrogen-bond donors (Lipinski definition) is 2. The molecule has 0 radical (unpaired) electrons. The van der Waals surface area contributed by atoms with Gasteiger partial charge < -0.3 is 10.4 Å². The molecule has 1 aromatic heterocycles. The molecule has 20 heavy (non-hydrogen) atoms. The number of nitrogens with zero attached hydrogens (tertiary/aromatic N) is 1. The number of thiazole rings is 1. The molecule has 2 rings (SSSR count). The Labute approximate surface area is 120 Å². The second-order valence-corrected chi connectivity index (χ2v) is 5.45. The molecule has 0 fully saturated rings. The fraction of sp³-hybridized carbons (Fsp3) is 0.214. The molecule has 1 amide bonds. The van der Waals surface area contributed by atoms with Gasteiger partial charge in [0.2, 0.25) is 5.91 Å². The Kier molecular flexibility index (Phi) is 4.14. The molecule has 1 aromatic carbocycles. The Morgan fingerprint density at radius 2 is 2.00 bits per heavy atom. The number of nitrogens with one attached hydrogen (secondary N) is 1. The first-order valence-corrected chi connectivity index (χ1v) is 6.84. The summed E-state index contributed by atoms with van der Waals surface area (Å²) in [6, 6.07) is 7.47. The van der Waals surface area contributed by atoms with Crippen LogP contribution in [-0.4, -0.2) is 22.0 Å². The topological polar surface area (TPSA) is 79.3 Å². The van der Waals surface area contributed by atoms with E-state index in [0.29, 0.717) is 10.7 Å². The first-order chi connectivity index (χ1) is 9.47. The normalized spacial score (nSPS) is 10.3. The number of carbonyl (C=O) groups is 2. The number of rotatable bonds is 4. The number of para-hydroxylation sites is 1. The molecule has 104 valence electrons. The molecule has 2 N–H and O–H groups in total. The Balaban J connectivity index is 2.07. The summed E-state index contributed by atoms with van der Waals surface area (Å²) in [5, 5.41) is 12.3. The quantitative estimate of drug-likeness (QED) is 0.907. The van der Waals surface area contributed by atoms with Crippen molar-refractivity contribution in [3.8, 4) is 0 Å². The highest BCUT2D eigenvalue weighted by Crippen LogP contribution is 2.19. The molecule has 0 atom stereocenters. The zero-order valence-electron chi connectivity index (χ0n) is 11.1. The van der Waals surface area contributed by atoms with Crippen molar-refractivity contribution < 1.29 is 14.7 Å². The third kappa shape index (κ3) is 3.21. The van der Waals surface area contributed by atoms with E-state index in [2.05, 4.69) is 10.3 Å². The summed E-state index contributed by atoms with van der Waals surface area (Å²) in [5.41, 5.74) is 2.17. The van der Waals surface area contributed by atoms with Gasteiger partial charge in [0, 0.05) is 5.69 Å². The number of carboxylic acids is 1. The van der Waals surface area contributed by atoms with Crippen LogP contribution < -0.4 is 5.32 Å². The van der Waals surface area contributed by atoms with Crippen LogP contribution in [-0.2, 0) is 11.2 Å². The molecular formula is C14H14N2O3S. The number of aromatic nitrogens is 1. The van der Waals surface area contributed by atoms with Crippen molar-refractivity contribution in [1.29, 1.82) is 0 Å². The van der Waals surface area contributed by atoms with E-state index in [9.17, 15) is 9.59 Å². The number of carboxylic acid groups (broad SMARTS) is 1.